The van der Waals surface area contributed by atoms with Crippen LogP contribution in [0.25, 0.3) is 0 Å². The molecule has 0 N–H and O–H groups in total. The molecule has 4 heteroatoms. The van der Waals surface area contributed by atoms with E-state index in [-0.39, 0.29) is 0 Å². The Morgan fingerprint density at radius 3 is 3.00 bits per heavy atom. The topological polar surface area (TPSA) is 35.0 Å². The summed E-state index contributed by atoms with van der Waals surface area (Å²) >= 11 is 1.59. The van der Waals surface area contributed by atoms with Crippen LogP contribution < -0.4 is 0 Å². The number of nitrogens with zero attached hydrogens (tertiary/aromatic N) is 2. The van der Waals surface area contributed by atoms with Crippen LogP contribution in [0.4, 0.5) is 0 Å². The van der Waals surface area contributed by atoms with Gasteiger partial charge in [0.1, 0.15) is 0 Å². The van der Waals surface area contributed by atoms with E-state index in [1.54, 1.807) is 11.8 Å². The monoisotopic (exact) mass is 196 g/mol. The molecule has 1 aliphatic rings. The molecule has 0 radical (unpaired) electrons. The molecule has 0 bridgehead atoms. The molecule has 0 amide bonds. The lowest BCUT2D eigenvalue weighted by Gasteiger charge is -2.17. The van der Waals surface area contributed by atoms with E-state index < -0.39 is 0 Å². The summed E-state index contributed by atoms with van der Waals surface area (Å²) in [5, 5.41) is 0.873. The van der Waals surface area contributed by atoms with Gasteiger partial charge in [0.05, 0.1) is 18.9 Å². The lowest BCUT2D eigenvalue weighted by molar-refractivity contribution is 0.108. The molecule has 0 atom stereocenters. The summed E-state index contributed by atoms with van der Waals surface area (Å²) in [6.07, 6.45) is 2.92. The van der Waals surface area contributed by atoms with E-state index in [0.717, 1.165) is 23.9 Å². The SMILES string of the molecule is CSc1nc(C)c2c(n1)CCOC2. The van der Waals surface area contributed by atoms with Gasteiger partial charge in [0.2, 0.25) is 0 Å². The number of hydrogen-bond donors (Lipinski definition) is 0. The average Bonchev–Trinajstić information content (AvgIpc) is 2.18. The molecule has 2 rings (SSSR count). The van der Waals surface area contributed by atoms with E-state index in [2.05, 4.69) is 9.97 Å². The molecule has 0 aliphatic carbocycles. The zero-order valence-electron chi connectivity index (χ0n) is 7.83. The first-order valence-corrected chi connectivity index (χ1v) is 5.52. The van der Waals surface area contributed by atoms with Gasteiger partial charge in [-0.1, -0.05) is 11.8 Å². The highest BCUT2D eigenvalue weighted by atomic mass is 32.2. The van der Waals surface area contributed by atoms with E-state index in [1.807, 2.05) is 13.2 Å². The Kier molecular flexibility index (Phi) is 2.51. The van der Waals surface area contributed by atoms with Gasteiger partial charge in [-0.05, 0) is 13.2 Å². The minimum atomic E-state index is 0.676. The average molecular weight is 196 g/mol. The normalized spacial score (nSPS) is 15.5. The van der Waals surface area contributed by atoms with Gasteiger partial charge in [-0.2, -0.15) is 0 Å². The minimum Gasteiger partial charge on any atom is -0.376 e. The van der Waals surface area contributed by atoms with Gasteiger partial charge in [0.15, 0.2) is 5.16 Å². The smallest absolute Gasteiger partial charge is 0.187 e. The molecule has 0 aromatic carbocycles. The molecule has 1 aliphatic heterocycles. The molecule has 70 valence electrons. The fraction of sp³-hybridized carbons (Fsp3) is 0.556. The van der Waals surface area contributed by atoms with Crippen molar-refractivity contribution < 1.29 is 4.74 Å². The Labute approximate surface area is 81.9 Å². The van der Waals surface area contributed by atoms with Crippen molar-refractivity contribution >= 4 is 11.8 Å². The molecule has 1 aromatic heterocycles. The van der Waals surface area contributed by atoms with Crippen molar-refractivity contribution in [1.82, 2.24) is 9.97 Å². The molecule has 0 spiro atoms. The van der Waals surface area contributed by atoms with Crippen LogP contribution >= 0.6 is 11.8 Å². The van der Waals surface area contributed by atoms with Gasteiger partial charge in [0, 0.05) is 17.7 Å². The third-order valence-corrected chi connectivity index (χ3v) is 2.74. The number of rotatable bonds is 1. The fourth-order valence-electron chi connectivity index (χ4n) is 1.46. The minimum absolute atomic E-state index is 0.676. The number of thioether (sulfide) groups is 1. The van der Waals surface area contributed by atoms with Crippen LogP contribution in [0.5, 0.6) is 0 Å². The fourth-order valence-corrected chi connectivity index (χ4v) is 1.89. The molecule has 3 nitrogen and oxygen atoms in total. The maximum absolute atomic E-state index is 5.36. The van der Waals surface area contributed by atoms with Gasteiger partial charge in [-0.25, -0.2) is 9.97 Å². The number of aromatic nitrogens is 2. The highest BCUT2D eigenvalue weighted by Gasteiger charge is 2.15. The Balaban J connectivity index is 2.47. The number of ether oxygens (including phenoxy) is 1. The second kappa shape index (κ2) is 3.64. The van der Waals surface area contributed by atoms with Crippen molar-refractivity contribution in [3.8, 4) is 0 Å². The molecule has 0 unspecified atom stereocenters. The van der Waals surface area contributed by atoms with Gasteiger partial charge >= 0.3 is 0 Å². The lowest BCUT2D eigenvalue weighted by Crippen LogP contribution is -2.15. The maximum atomic E-state index is 5.36. The molecule has 0 fully saturated rings. The molecule has 1 aromatic rings. The summed E-state index contributed by atoms with van der Waals surface area (Å²) in [4.78, 5) is 8.84. The lowest BCUT2D eigenvalue weighted by atomic mass is 10.1. The van der Waals surface area contributed by atoms with Gasteiger partial charge in [-0.15, -0.1) is 0 Å². The summed E-state index contributed by atoms with van der Waals surface area (Å²) in [7, 11) is 0. The Morgan fingerprint density at radius 2 is 2.23 bits per heavy atom. The summed E-state index contributed by atoms with van der Waals surface area (Å²) < 4.78 is 5.36. The first-order chi connectivity index (χ1) is 6.31. The summed E-state index contributed by atoms with van der Waals surface area (Å²) in [6, 6.07) is 0. The Hall–Kier alpha value is -0.610. The van der Waals surface area contributed by atoms with E-state index in [9.17, 15) is 0 Å². The predicted octanol–water partition coefficient (Wildman–Crippen LogP) is 1.58. The van der Waals surface area contributed by atoms with Crippen LogP contribution in [-0.2, 0) is 17.8 Å². The van der Waals surface area contributed by atoms with E-state index in [0.29, 0.717) is 6.61 Å². The first-order valence-electron chi connectivity index (χ1n) is 4.29. The maximum Gasteiger partial charge on any atom is 0.187 e. The first kappa shape index (κ1) is 8.97. The van der Waals surface area contributed by atoms with Crippen LogP contribution in [-0.4, -0.2) is 22.8 Å². The largest absolute Gasteiger partial charge is 0.376 e. The second-order valence-electron chi connectivity index (χ2n) is 3.02. The summed E-state index contributed by atoms with van der Waals surface area (Å²) in [5.41, 5.74) is 3.42. The van der Waals surface area contributed by atoms with E-state index in [1.165, 1.54) is 11.3 Å². The van der Waals surface area contributed by atoms with Gasteiger partial charge in [-0.3, -0.25) is 0 Å². The highest BCUT2D eigenvalue weighted by Crippen LogP contribution is 2.20. The Morgan fingerprint density at radius 1 is 1.38 bits per heavy atom. The summed E-state index contributed by atoms with van der Waals surface area (Å²) in [6.45, 7) is 3.49. The number of aryl methyl sites for hydroxylation is 1. The van der Waals surface area contributed by atoms with Crippen LogP contribution in [0, 0.1) is 6.92 Å². The van der Waals surface area contributed by atoms with Crippen molar-refractivity contribution in [2.45, 2.75) is 25.1 Å². The van der Waals surface area contributed by atoms with Crippen molar-refractivity contribution in [2.75, 3.05) is 12.9 Å². The number of fused-ring (bicyclic) bond motifs is 1. The third kappa shape index (κ3) is 1.69. The zero-order chi connectivity index (χ0) is 9.26. The molecular weight excluding hydrogens is 184 g/mol. The van der Waals surface area contributed by atoms with Crippen molar-refractivity contribution in [3.05, 3.63) is 17.0 Å². The third-order valence-electron chi connectivity index (χ3n) is 2.19. The number of hydrogen-bond acceptors (Lipinski definition) is 4. The molecule has 0 saturated carbocycles. The Bertz CT molecular complexity index is 328. The van der Waals surface area contributed by atoms with Crippen molar-refractivity contribution in [2.24, 2.45) is 0 Å². The quantitative estimate of drug-likeness (QED) is 0.504. The van der Waals surface area contributed by atoms with Crippen molar-refractivity contribution in [1.29, 1.82) is 0 Å². The zero-order valence-corrected chi connectivity index (χ0v) is 8.65. The molecule has 2 heterocycles. The van der Waals surface area contributed by atoms with Gasteiger partial charge < -0.3 is 4.74 Å². The predicted molar refractivity (Wildman–Crippen MR) is 51.9 cm³/mol. The molecular formula is C9H12N2OS. The van der Waals surface area contributed by atoms with Crippen LogP contribution in [0.15, 0.2) is 5.16 Å². The van der Waals surface area contributed by atoms with Crippen LogP contribution in [0.2, 0.25) is 0 Å². The van der Waals surface area contributed by atoms with Gasteiger partial charge in [0.25, 0.3) is 0 Å². The summed E-state index contributed by atoms with van der Waals surface area (Å²) in [5.74, 6) is 0. The molecule has 0 saturated heterocycles. The standard InChI is InChI=1S/C9H12N2OS/c1-6-7-5-12-4-3-8(7)11-9(10-6)13-2/h3-5H2,1-2H3. The molecule has 13 heavy (non-hydrogen) atoms. The van der Waals surface area contributed by atoms with E-state index >= 15 is 0 Å². The van der Waals surface area contributed by atoms with Crippen LogP contribution in [0.1, 0.15) is 17.0 Å². The van der Waals surface area contributed by atoms with Crippen molar-refractivity contribution in [3.63, 3.8) is 0 Å². The van der Waals surface area contributed by atoms with E-state index in [4.69, 9.17) is 4.74 Å². The second-order valence-corrected chi connectivity index (χ2v) is 3.80. The van der Waals surface area contributed by atoms with Crippen LogP contribution in [0.3, 0.4) is 0 Å². The highest BCUT2D eigenvalue weighted by molar-refractivity contribution is 7.98.